The molecule has 4 rings (SSSR count). The van der Waals surface area contributed by atoms with Gasteiger partial charge in [-0.25, -0.2) is 4.99 Å². The normalized spacial score (nSPS) is 16.7. The molecule has 0 atom stereocenters. The molecule has 0 saturated heterocycles. The maximum atomic E-state index is 6.34. The summed E-state index contributed by atoms with van der Waals surface area (Å²) >= 11 is 16.2. The number of aliphatic imine (C=N–C) groups is 1. The van der Waals surface area contributed by atoms with Crippen molar-refractivity contribution in [3.05, 3.63) is 69.3 Å². The van der Waals surface area contributed by atoms with Crippen molar-refractivity contribution in [3.8, 4) is 0 Å². The Kier molecular flexibility index (Phi) is 7.43. The van der Waals surface area contributed by atoms with Gasteiger partial charge in [-0.15, -0.1) is 0 Å². The maximum Gasteiger partial charge on any atom is 0.101 e. The Morgan fingerprint density at radius 3 is 2.07 bits per heavy atom. The first-order chi connectivity index (χ1) is 14.4. The summed E-state index contributed by atoms with van der Waals surface area (Å²) < 4.78 is 0. The van der Waals surface area contributed by atoms with Crippen LogP contribution < -0.4 is 10.6 Å². The lowest BCUT2D eigenvalue weighted by Gasteiger charge is -2.42. The smallest absolute Gasteiger partial charge is 0.101 e. The Balaban J connectivity index is 0.00000124. The summed E-state index contributed by atoms with van der Waals surface area (Å²) in [6.45, 7) is 5.18. The number of allylic oxidation sites excluding steroid dienone is 1. The Bertz CT molecular complexity index is 921. The van der Waals surface area contributed by atoms with E-state index in [4.69, 9.17) is 28.9 Å². The van der Waals surface area contributed by atoms with Crippen LogP contribution in [0.25, 0.3) is 0 Å². The predicted molar refractivity (Wildman–Crippen MR) is 135 cm³/mol. The summed E-state index contributed by atoms with van der Waals surface area (Å²) in [6.07, 6.45) is 7.90. The van der Waals surface area contributed by atoms with Crippen molar-refractivity contribution in [3.63, 3.8) is 0 Å². The molecule has 2 aromatic rings. The molecule has 0 radical (unpaired) electrons. The second-order valence-corrected chi connectivity index (χ2v) is 8.98. The molecule has 2 N–H and O–H groups in total. The van der Waals surface area contributed by atoms with Crippen LogP contribution in [0, 0.1) is 0 Å². The van der Waals surface area contributed by atoms with E-state index in [1.165, 1.54) is 23.1 Å². The third kappa shape index (κ3) is 4.66. The van der Waals surface area contributed by atoms with Crippen LogP contribution in [0.2, 0.25) is 10.0 Å². The van der Waals surface area contributed by atoms with Crippen LogP contribution in [0.3, 0.4) is 0 Å². The Morgan fingerprint density at radius 2 is 1.60 bits per heavy atom. The van der Waals surface area contributed by atoms with Gasteiger partial charge in [0.2, 0.25) is 0 Å². The number of hydrogen-bond donors (Lipinski definition) is 2. The zero-order chi connectivity index (χ0) is 21.9. The van der Waals surface area contributed by atoms with Gasteiger partial charge in [-0.2, -0.15) is 12.6 Å². The van der Waals surface area contributed by atoms with E-state index in [0.717, 1.165) is 40.8 Å². The molecule has 1 aliphatic carbocycles. The highest BCUT2D eigenvalue weighted by Gasteiger charge is 2.36. The Labute approximate surface area is 195 Å². The molecule has 160 valence electrons. The number of nitrogens with zero attached hydrogens (tertiary/aromatic N) is 2. The second-order valence-electron chi connectivity index (χ2n) is 8.11. The number of rotatable bonds is 4. The lowest BCUT2D eigenvalue weighted by molar-refractivity contribution is 0.624. The van der Waals surface area contributed by atoms with E-state index < -0.39 is 0 Å². The number of amidine groups is 1. The predicted octanol–water partition coefficient (Wildman–Crippen LogP) is 7.13. The molecule has 1 fully saturated rings. The molecule has 30 heavy (non-hydrogen) atoms. The molecule has 0 amide bonds. The standard InChI is InChI=1S/C23H25Cl2N3.CH4S/c1-23(2)18-12-16(24)6-8-20(18)28(21-9-7-17(25)13-19(21)23)11-10-22(26)27-14-15-4-3-5-15;1-2/h6-9,12-14H,3-5,10-11H2,1-2H3,(H2,26,27);2H,1H3. The second kappa shape index (κ2) is 9.67. The maximum absolute atomic E-state index is 6.34. The van der Waals surface area contributed by atoms with Crippen LogP contribution in [-0.4, -0.2) is 18.6 Å². The lowest BCUT2D eigenvalue weighted by atomic mass is 9.73. The molecule has 3 nitrogen and oxygen atoms in total. The van der Waals surface area contributed by atoms with Crippen molar-refractivity contribution >= 4 is 53.0 Å². The van der Waals surface area contributed by atoms with Gasteiger partial charge in [0.15, 0.2) is 0 Å². The summed E-state index contributed by atoms with van der Waals surface area (Å²) in [5.41, 5.74) is 12.1. The summed E-state index contributed by atoms with van der Waals surface area (Å²) in [5, 5.41) is 1.48. The Morgan fingerprint density at radius 1 is 1.07 bits per heavy atom. The van der Waals surface area contributed by atoms with Crippen molar-refractivity contribution in [2.75, 3.05) is 17.7 Å². The molecular weight excluding hydrogens is 433 g/mol. The van der Waals surface area contributed by atoms with Gasteiger partial charge in [0.05, 0.1) is 0 Å². The van der Waals surface area contributed by atoms with Crippen molar-refractivity contribution in [2.45, 2.75) is 44.9 Å². The van der Waals surface area contributed by atoms with Crippen LogP contribution in [0.1, 0.15) is 50.7 Å². The van der Waals surface area contributed by atoms with Crippen LogP contribution in [0.15, 0.2) is 53.2 Å². The molecule has 0 bridgehead atoms. The first-order valence-electron chi connectivity index (χ1n) is 10.2. The largest absolute Gasteiger partial charge is 0.387 e. The van der Waals surface area contributed by atoms with Crippen molar-refractivity contribution < 1.29 is 0 Å². The van der Waals surface area contributed by atoms with Gasteiger partial charge in [-0.05, 0) is 73.0 Å². The molecule has 1 saturated carbocycles. The molecule has 0 unspecified atom stereocenters. The summed E-state index contributed by atoms with van der Waals surface area (Å²) in [7, 11) is 0. The average molecular weight is 462 g/mol. The lowest BCUT2D eigenvalue weighted by Crippen LogP contribution is -2.34. The fourth-order valence-electron chi connectivity index (χ4n) is 3.98. The molecule has 1 heterocycles. The number of fused-ring (bicyclic) bond motifs is 2. The molecule has 2 aliphatic rings. The first kappa shape index (κ1) is 23.1. The molecule has 1 aliphatic heterocycles. The first-order valence-corrected chi connectivity index (χ1v) is 11.8. The fourth-order valence-corrected chi connectivity index (χ4v) is 4.32. The molecule has 0 aromatic heterocycles. The van der Waals surface area contributed by atoms with E-state index in [-0.39, 0.29) is 5.41 Å². The van der Waals surface area contributed by atoms with Gasteiger partial charge >= 0.3 is 0 Å². The number of benzene rings is 2. The quantitative estimate of drug-likeness (QED) is 0.288. The third-order valence-electron chi connectivity index (χ3n) is 5.85. The van der Waals surface area contributed by atoms with E-state index in [0.29, 0.717) is 12.3 Å². The van der Waals surface area contributed by atoms with Gasteiger partial charge in [0.1, 0.15) is 5.84 Å². The summed E-state index contributed by atoms with van der Waals surface area (Å²) in [6, 6.07) is 12.2. The fraction of sp³-hybridized carbons (Fsp3) is 0.375. The number of anilines is 2. The van der Waals surface area contributed by atoms with Gasteiger partial charge in [0, 0.05) is 46.0 Å². The minimum atomic E-state index is -0.189. The zero-order valence-corrected chi connectivity index (χ0v) is 20.2. The highest BCUT2D eigenvalue weighted by atomic mass is 35.5. The van der Waals surface area contributed by atoms with Crippen molar-refractivity contribution in [2.24, 2.45) is 10.7 Å². The number of halogens is 2. The topological polar surface area (TPSA) is 41.6 Å². The van der Waals surface area contributed by atoms with Crippen LogP contribution in [0.5, 0.6) is 0 Å². The number of hydrogen-bond acceptors (Lipinski definition) is 3. The van der Waals surface area contributed by atoms with Crippen molar-refractivity contribution in [1.82, 2.24) is 0 Å². The van der Waals surface area contributed by atoms with Crippen molar-refractivity contribution in [1.29, 1.82) is 0 Å². The van der Waals surface area contributed by atoms with E-state index in [9.17, 15) is 0 Å². The average Bonchev–Trinajstić information content (AvgIpc) is 2.69. The number of thiol groups is 1. The highest BCUT2D eigenvalue weighted by molar-refractivity contribution is 7.79. The van der Waals surface area contributed by atoms with E-state index in [2.05, 4.69) is 60.6 Å². The van der Waals surface area contributed by atoms with Gasteiger partial charge in [0.25, 0.3) is 0 Å². The van der Waals surface area contributed by atoms with Crippen LogP contribution in [-0.2, 0) is 5.41 Å². The third-order valence-corrected chi connectivity index (χ3v) is 6.32. The molecule has 6 heteroatoms. The summed E-state index contributed by atoms with van der Waals surface area (Å²) in [5.74, 6) is 0.662. The number of nitrogens with two attached hydrogens (primary N) is 1. The van der Waals surface area contributed by atoms with E-state index >= 15 is 0 Å². The minimum Gasteiger partial charge on any atom is -0.387 e. The molecule has 2 aromatic carbocycles. The van der Waals surface area contributed by atoms with Gasteiger partial charge in [-0.3, -0.25) is 0 Å². The van der Waals surface area contributed by atoms with Crippen LogP contribution in [0.4, 0.5) is 11.4 Å². The van der Waals surface area contributed by atoms with Gasteiger partial charge in [-0.1, -0.05) is 42.6 Å². The van der Waals surface area contributed by atoms with E-state index in [1.54, 1.807) is 6.26 Å². The zero-order valence-electron chi connectivity index (χ0n) is 17.8. The van der Waals surface area contributed by atoms with Crippen LogP contribution >= 0.6 is 35.8 Å². The highest BCUT2D eigenvalue weighted by Crippen LogP contribution is 2.50. The van der Waals surface area contributed by atoms with Gasteiger partial charge < -0.3 is 10.6 Å². The Hall–Kier alpha value is -1.62. The molecule has 0 spiro atoms. The van der Waals surface area contributed by atoms with E-state index in [1.807, 2.05) is 18.3 Å². The minimum absolute atomic E-state index is 0.189. The summed E-state index contributed by atoms with van der Waals surface area (Å²) in [4.78, 5) is 6.77. The SMILES string of the molecule is CC1(C)c2cc(Cl)ccc2N(CCC(N)=NC=C2CCC2)c2ccc(Cl)cc21.CS. The molecular formula is C24H29Cl2N3S. The monoisotopic (exact) mass is 461 g/mol.